The van der Waals surface area contributed by atoms with Gasteiger partial charge in [0.2, 0.25) is 0 Å². The highest BCUT2D eigenvalue weighted by molar-refractivity contribution is 5.87. The van der Waals surface area contributed by atoms with Gasteiger partial charge in [-0.25, -0.2) is 0 Å². The van der Waals surface area contributed by atoms with Crippen LogP contribution in [0.2, 0.25) is 0 Å². The maximum absolute atomic E-state index is 12.7. The van der Waals surface area contributed by atoms with Crippen LogP contribution in [-0.4, -0.2) is 29.1 Å². The summed E-state index contributed by atoms with van der Waals surface area (Å²) in [7, 11) is 0. The quantitative estimate of drug-likeness (QED) is 0.125. The molecule has 4 aliphatic carbocycles. The van der Waals surface area contributed by atoms with Gasteiger partial charge in [-0.1, -0.05) is 89.5 Å². The van der Waals surface area contributed by atoms with E-state index in [1.165, 1.54) is 69.8 Å². The van der Waals surface area contributed by atoms with Crippen molar-refractivity contribution < 1.29 is 19.4 Å². The third kappa shape index (κ3) is 7.31. The zero-order valence-electron chi connectivity index (χ0n) is 25.9. The summed E-state index contributed by atoms with van der Waals surface area (Å²) in [4.78, 5) is 25.3. The summed E-state index contributed by atoms with van der Waals surface area (Å²) < 4.78 is 5.95. The summed E-state index contributed by atoms with van der Waals surface area (Å²) in [6.07, 6.45) is 27.9. The minimum atomic E-state index is -0.482. The molecule has 3 saturated carbocycles. The number of hydrogen-bond acceptors (Lipinski definition) is 4. The monoisotopic (exact) mass is 554 g/mol. The van der Waals surface area contributed by atoms with Gasteiger partial charge in [0.15, 0.2) is 0 Å². The third-order valence-corrected chi connectivity index (χ3v) is 11.5. The van der Waals surface area contributed by atoms with Crippen molar-refractivity contribution in [3.05, 3.63) is 23.8 Å². The number of carbonyl (C=O) groups excluding carboxylic acids is 2. The van der Waals surface area contributed by atoms with Crippen LogP contribution >= 0.6 is 0 Å². The Balaban J connectivity index is 1.12. The van der Waals surface area contributed by atoms with Gasteiger partial charge in [-0.05, 0) is 87.4 Å². The van der Waals surface area contributed by atoms with E-state index in [1.54, 1.807) is 0 Å². The third-order valence-electron chi connectivity index (χ3n) is 11.5. The number of Topliss-reactive ketones (excluding diaryl/α,β-unsaturated/α-hetero) is 1. The van der Waals surface area contributed by atoms with Crippen LogP contribution in [0.25, 0.3) is 0 Å². The van der Waals surface area contributed by atoms with Crippen LogP contribution in [0.5, 0.6) is 0 Å². The lowest BCUT2D eigenvalue weighted by Crippen LogP contribution is -2.54. The van der Waals surface area contributed by atoms with Crippen LogP contribution in [0.3, 0.4) is 0 Å². The molecule has 3 unspecified atom stereocenters. The second-order valence-corrected chi connectivity index (χ2v) is 14.1. The molecule has 0 aromatic carbocycles. The predicted octanol–water partition coefficient (Wildman–Crippen LogP) is 9.05. The second kappa shape index (κ2) is 14.7. The first kappa shape index (κ1) is 31.5. The van der Waals surface area contributed by atoms with E-state index in [4.69, 9.17) is 4.74 Å². The van der Waals surface area contributed by atoms with Crippen molar-refractivity contribution in [1.29, 1.82) is 0 Å². The molecular weight excluding hydrogens is 496 g/mol. The molecule has 0 aliphatic heterocycles. The Morgan fingerprint density at radius 3 is 2.25 bits per heavy atom. The molecule has 0 aromatic rings. The van der Waals surface area contributed by atoms with Crippen LogP contribution in [-0.2, 0) is 14.3 Å². The molecule has 4 nitrogen and oxygen atoms in total. The lowest BCUT2D eigenvalue weighted by molar-refractivity contribution is -0.152. The molecular formula is C36H58O4. The van der Waals surface area contributed by atoms with Crippen molar-refractivity contribution in [1.82, 2.24) is 0 Å². The molecule has 0 aromatic heterocycles. The summed E-state index contributed by atoms with van der Waals surface area (Å²) in [6.45, 7) is 6.80. The van der Waals surface area contributed by atoms with E-state index in [-0.39, 0.29) is 28.8 Å². The average molecular weight is 555 g/mol. The van der Waals surface area contributed by atoms with E-state index in [2.05, 4.69) is 39.0 Å². The van der Waals surface area contributed by atoms with Crippen LogP contribution in [0, 0.1) is 28.6 Å². The van der Waals surface area contributed by atoms with Crippen molar-refractivity contribution in [3.63, 3.8) is 0 Å². The summed E-state index contributed by atoms with van der Waals surface area (Å²) in [5, 5.41) is 11.3. The van der Waals surface area contributed by atoms with Crippen LogP contribution in [0.1, 0.15) is 149 Å². The molecule has 4 rings (SSSR count). The Morgan fingerprint density at radius 1 is 0.900 bits per heavy atom. The highest BCUT2D eigenvalue weighted by Gasteiger charge is 2.60. The van der Waals surface area contributed by atoms with Crippen molar-refractivity contribution in [2.45, 2.75) is 161 Å². The number of esters is 1. The molecule has 4 heteroatoms. The summed E-state index contributed by atoms with van der Waals surface area (Å²) >= 11 is 0. The Labute approximate surface area is 244 Å². The summed E-state index contributed by atoms with van der Waals surface area (Å²) in [5.41, 5.74) is 1.12. The number of ketones is 1. The molecule has 40 heavy (non-hydrogen) atoms. The Hall–Kier alpha value is -1.42. The summed E-state index contributed by atoms with van der Waals surface area (Å²) in [6, 6.07) is 0. The fourth-order valence-electron chi connectivity index (χ4n) is 8.90. The van der Waals surface area contributed by atoms with Gasteiger partial charge < -0.3 is 9.84 Å². The van der Waals surface area contributed by atoms with Gasteiger partial charge in [0.1, 0.15) is 11.9 Å². The van der Waals surface area contributed by atoms with Gasteiger partial charge >= 0.3 is 5.97 Å². The number of hydrogen-bond donors (Lipinski definition) is 1. The number of aliphatic hydroxyl groups excluding tert-OH is 1. The van der Waals surface area contributed by atoms with E-state index < -0.39 is 6.10 Å². The number of carbonyl (C=O) groups is 2. The number of fused-ring (bicyclic) bond motifs is 5. The lowest BCUT2D eigenvalue weighted by atomic mass is 9.47. The largest absolute Gasteiger partial charge is 0.462 e. The van der Waals surface area contributed by atoms with Crippen molar-refractivity contribution in [2.24, 2.45) is 28.6 Å². The molecule has 4 aliphatic rings. The fraction of sp³-hybridized carbons (Fsp3) is 0.833. The molecule has 0 spiro atoms. The minimum absolute atomic E-state index is 0.0526. The van der Waals surface area contributed by atoms with Gasteiger partial charge in [-0.15, -0.1) is 0 Å². The molecule has 0 heterocycles. The van der Waals surface area contributed by atoms with E-state index in [0.29, 0.717) is 30.5 Å². The smallest absolute Gasteiger partial charge is 0.306 e. The molecule has 7 atom stereocenters. The van der Waals surface area contributed by atoms with Crippen LogP contribution in [0.15, 0.2) is 23.8 Å². The molecule has 226 valence electrons. The molecule has 0 bridgehead atoms. The Kier molecular flexibility index (Phi) is 11.5. The molecule has 0 amide bonds. The Bertz CT molecular complexity index is 904. The first-order chi connectivity index (χ1) is 19.3. The number of aliphatic hydroxyl groups is 1. The molecule has 1 N–H and O–H groups in total. The van der Waals surface area contributed by atoms with Crippen LogP contribution < -0.4 is 0 Å². The van der Waals surface area contributed by atoms with Gasteiger partial charge in [-0.2, -0.15) is 0 Å². The van der Waals surface area contributed by atoms with E-state index >= 15 is 0 Å². The summed E-state index contributed by atoms with van der Waals surface area (Å²) in [5.74, 6) is 1.28. The Morgan fingerprint density at radius 2 is 1.52 bits per heavy atom. The first-order valence-electron chi connectivity index (χ1n) is 17.1. The second-order valence-electron chi connectivity index (χ2n) is 14.1. The van der Waals surface area contributed by atoms with E-state index in [0.717, 1.165) is 51.4 Å². The number of ether oxygens (including phenoxy) is 1. The van der Waals surface area contributed by atoms with E-state index in [1.807, 2.05) is 0 Å². The normalized spacial score (nSPS) is 35.2. The topological polar surface area (TPSA) is 63.6 Å². The van der Waals surface area contributed by atoms with Gasteiger partial charge in [0, 0.05) is 24.7 Å². The van der Waals surface area contributed by atoms with Crippen molar-refractivity contribution in [3.8, 4) is 0 Å². The van der Waals surface area contributed by atoms with Gasteiger partial charge in [0.05, 0.1) is 6.10 Å². The fourth-order valence-corrected chi connectivity index (χ4v) is 8.90. The highest BCUT2D eigenvalue weighted by atomic mass is 16.5. The number of rotatable bonds is 15. The zero-order chi connectivity index (χ0) is 28.6. The zero-order valence-corrected chi connectivity index (χ0v) is 25.9. The standard InChI is InChI=1S/C36H58O4/c1-4-5-6-7-8-9-10-11-12-13-14-15-16-17-18-33(39)40-28-21-23-35(2)27(25-28)26-31(37)34-29-19-20-32(38)36(29,3)24-22-30(34)35/h10-11,26,28-31,34,37H,4-9,12-25H2,1-3H3/b11-10-/t28-,29?,30?,31+,34?,35-,36-/m0/s1. The van der Waals surface area contributed by atoms with Crippen LogP contribution in [0.4, 0.5) is 0 Å². The molecule has 0 saturated heterocycles. The van der Waals surface area contributed by atoms with Gasteiger partial charge in [-0.3, -0.25) is 9.59 Å². The average Bonchev–Trinajstić information content (AvgIpc) is 3.23. The first-order valence-corrected chi connectivity index (χ1v) is 17.1. The maximum Gasteiger partial charge on any atom is 0.306 e. The molecule has 3 fully saturated rings. The van der Waals surface area contributed by atoms with E-state index in [9.17, 15) is 14.7 Å². The number of allylic oxidation sites excluding steroid dienone is 2. The van der Waals surface area contributed by atoms with Crippen molar-refractivity contribution >= 4 is 11.8 Å². The predicted molar refractivity (Wildman–Crippen MR) is 163 cm³/mol. The SMILES string of the molecule is CCCCCCC/C=C\CCCCCCCC(=O)O[C@H]1CC[C@@]2(C)C(=C[C@@H](O)C3C2CC[C@]2(C)C(=O)CCC32)C1. The van der Waals surface area contributed by atoms with Crippen molar-refractivity contribution in [2.75, 3.05) is 0 Å². The van der Waals surface area contributed by atoms with Gasteiger partial charge in [0.25, 0.3) is 0 Å². The number of unbranched alkanes of at least 4 members (excludes halogenated alkanes) is 10. The minimum Gasteiger partial charge on any atom is -0.462 e. The maximum atomic E-state index is 12.7. The molecule has 0 radical (unpaired) electrons. The highest BCUT2D eigenvalue weighted by Crippen LogP contribution is 2.64. The lowest BCUT2D eigenvalue weighted by Gasteiger charge is -2.58.